The summed E-state index contributed by atoms with van der Waals surface area (Å²) in [5.74, 6) is 1.44. The smallest absolute Gasteiger partial charge is 0.246 e. The molecular weight excluding hydrogens is 328 g/mol. The molecule has 0 radical (unpaired) electrons. The minimum absolute atomic E-state index is 0.0275. The lowest BCUT2D eigenvalue weighted by atomic mass is 10.1. The SMILES string of the molecule is Cc1cc(N2CCCCC2)nc(CNC(=O)COCc2ccccc2)n1. The average Bonchev–Trinajstić information content (AvgIpc) is 2.67. The number of aryl methyl sites for hydroxylation is 1. The molecule has 0 spiro atoms. The van der Waals surface area contributed by atoms with Crippen molar-refractivity contribution in [2.75, 3.05) is 24.6 Å². The summed E-state index contributed by atoms with van der Waals surface area (Å²) in [6, 6.07) is 11.8. The molecule has 1 aliphatic rings. The zero-order valence-corrected chi connectivity index (χ0v) is 15.3. The molecule has 1 aromatic carbocycles. The van der Waals surface area contributed by atoms with E-state index in [1.807, 2.05) is 43.3 Å². The van der Waals surface area contributed by atoms with Crippen molar-refractivity contribution in [3.05, 3.63) is 53.5 Å². The first-order chi connectivity index (χ1) is 12.7. The number of nitrogens with one attached hydrogen (secondary N) is 1. The fourth-order valence-electron chi connectivity index (χ4n) is 3.04. The van der Waals surface area contributed by atoms with Crippen LogP contribution in [0, 0.1) is 6.92 Å². The Bertz CT molecular complexity index is 715. The minimum atomic E-state index is -0.162. The van der Waals surface area contributed by atoms with E-state index in [0.29, 0.717) is 19.0 Å². The predicted molar refractivity (Wildman–Crippen MR) is 101 cm³/mol. The van der Waals surface area contributed by atoms with Crippen molar-refractivity contribution in [3.63, 3.8) is 0 Å². The fraction of sp³-hybridized carbons (Fsp3) is 0.450. The van der Waals surface area contributed by atoms with Gasteiger partial charge >= 0.3 is 0 Å². The monoisotopic (exact) mass is 354 g/mol. The molecule has 2 aromatic rings. The van der Waals surface area contributed by atoms with Crippen LogP contribution in [0.4, 0.5) is 5.82 Å². The van der Waals surface area contributed by atoms with Gasteiger partial charge in [0.1, 0.15) is 18.2 Å². The number of benzene rings is 1. The van der Waals surface area contributed by atoms with E-state index in [1.165, 1.54) is 19.3 Å². The Kier molecular flexibility index (Phi) is 6.55. The highest BCUT2D eigenvalue weighted by Gasteiger charge is 2.14. The summed E-state index contributed by atoms with van der Waals surface area (Å²) in [5, 5.41) is 2.84. The van der Waals surface area contributed by atoms with E-state index < -0.39 is 0 Å². The summed E-state index contributed by atoms with van der Waals surface area (Å²) >= 11 is 0. The van der Waals surface area contributed by atoms with Crippen LogP contribution >= 0.6 is 0 Å². The minimum Gasteiger partial charge on any atom is -0.367 e. The van der Waals surface area contributed by atoms with Crippen LogP contribution in [0.15, 0.2) is 36.4 Å². The van der Waals surface area contributed by atoms with E-state index in [1.54, 1.807) is 0 Å². The van der Waals surface area contributed by atoms with Crippen molar-refractivity contribution in [2.45, 2.75) is 39.3 Å². The van der Waals surface area contributed by atoms with Gasteiger partial charge in [-0.25, -0.2) is 9.97 Å². The quantitative estimate of drug-likeness (QED) is 0.828. The Morgan fingerprint density at radius 3 is 2.69 bits per heavy atom. The fourth-order valence-corrected chi connectivity index (χ4v) is 3.04. The third kappa shape index (κ3) is 5.52. The lowest BCUT2D eigenvalue weighted by molar-refractivity contribution is -0.126. The van der Waals surface area contributed by atoms with Gasteiger partial charge in [0.25, 0.3) is 0 Å². The Hall–Kier alpha value is -2.47. The molecule has 2 heterocycles. The van der Waals surface area contributed by atoms with E-state index >= 15 is 0 Å². The second kappa shape index (κ2) is 9.29. The van der Waals surface area contributed by atoms with Crippen LogP contribution in [0.3, 0.4) is 0 Å². The van der Waals surface area contributed by atoms with Gasteiger partial charge in [-0.05, 0) is 31.7 Å². The molecule has 26 heavy (non-hydrogen) atoms. The second-order valence-corrected chi connectivity index (χ2v) is 6.59. The predicted octanol–water partition coefficient (Wildman–Crippen LogP) is 2.61. The molecule has 0 aliphatic carbocycles. The number of amides is 1. The third-order valence-corrected chi connectivity index (χ3v) is 4.36. The maximum Gasteiger partial charge on any atom is 0.246 e. The lowest BCUT2D eigenvalue weighted by Gasteiger charge is -2.28. The number of hydrogen-bond donors (Lipinski definition) is 1. The summed E-state index contributed by atoms with van der Waals surface area (Å²) in [4.78, 5) is 23.3. The highest BCUT2D eigenvalue weighted by Crippen LogP contribution is 2.18. The molecule has 1 N–H and O–H groups in total. The third-order valence-electron chi connectivity index (χ3n) is 4.36. The normalized spacial score (nSPS) is 14.3. The Balaban J connectivity index is 1.47. The molecule has 6 nitrogen and oxygen atoms in total. The maximum atomic E-state index is 12.0. The average molecular weight is 354 g/mol. The molecule has 0 unspecified atom stereocenters. The topological polar surface area (TPSA) is 67.4 Å². The molecular formula is C20H26N4O2. The highest BCUT2D eigenvalue weighted by molar-refractivity contribution is 5.77. The molecule has 1 aliphatic heterocycles. The first-order valence-corrected chi connectivity index (χ1v) is 9.18. The van der Waals surface area contributed by atoms with Crippen molar-refractivity contribution < 1.29 is 9.53 Å². The molecule has 1 fully saturated rings. The Labute approximate surface area is 154 Å². The number of ether oxygens (including phenoxy) is 1. The van der Waals surface area contributed by atoms with Crippen LogP contribution in [0.2, 0.25) is 0 Å². The van der Waals surface area contributed by atoms with Crippen LogP contribution in [0.1, 0.15) is 36.3 Å². The van der Waals surface area contributed by atoms with E-state index in [-0.39, 0.29) is 12.5 Å². The first kappa shape index (κ1) is 18.3. The first-order valence-electron chi connectivity index (χ1n) is 9.18. The summed E-state index contributed by atoms with van der Waals surface area (Å²) in [6.07, 6.45) is 3.69. The van der Waals surface area contributed by atoms with Gasteiger partial charge in [-0.3, -0.25) is 4.79 Å². The van der Waals surface area contributed by atoms with Crippen LogP contribution in [0.5, 0.6) is 0 Å². The molecule has 1 saturated heterocycles. The molecule has 1 aromatic heterocycles. The largest absolute Gasteiger partial charge is 0.367 e. The van der Waals surface area contributed by atoms with Gasteiger partial charge in [0.15, 0.2) is 0 Å². The Morgan fingerprint density at radius 2 is 1.92 bits per heavy atom. The van der Waals surface area contributed by atoms with E-state index in [9.17, 15) is 4.79 Å². The zero-order valence-electron chi connectivity index (χ0n) is 15.3. The molecule has 6 heteroatoms. The van der Waals surface area contributed by atoms with Crippen molar-refractivity contribution in [3.8, 4) is 0 Å². The van der Waals surface area contributed by atoms with Crippen LogP contribution < -0.4 is 10.2 Å². The van der Waals surface area contributed by atoms with Crippen LogP contribution in [-0.2, 0) is 22.7 Å². The second-order valence-electron chi connectivity index (χ2n) is 6.59. The standard InChI is InChI=1S/C20H26N4O2/c1-16-12-19(24-10-6-3-7-11-24)23-18(22-16)13-21-20(25)15-26-14-17-8-4-2-5-9-17/h2,4-5,8-9,12H,3,6-7,10-11,13-15H2,1H3,(H,21,25). The number of anilines is 1. The molecule has 3 rings (SSSR count). The Morgan fingerprint density at radius 1 is 1.15 bits per heavy atom. The van der Waals surface area contributed by atoms with Gasteiger partial charge in [-0.1, -0.05) is 30.3 Å². The molecule has 0 bridgehead atoms. The lowest BCUT2D eigenvalue weighted by Crippen LogP contribution is -2.31. The van der Waals surface area contributed by atoms with Crippen LogP contribution in [-0.4, -0.2) is 35.6 Å². The van der Waals surface area contributed by atoms with Crippen molar-refractivity contribution >= 4 is 11.7 Å². The van der Waals surface area contributed by atoms with Crippen molar-refractivity contribution in [2.24, 2.45) is 0 Å². The highest BCUT2D eigenvalue weighted by atomic mass is 16.5. The van der Waals surface area contributed by atoms with Crippen molar-refractivity contribution in [1.82, 2.24) is 15.3 Å². The van der Waals surface area contributed by atoms with Gasteiger partial charge in [0, 0.05) is 24.8 Å². The molecule has 0 saturated carbocycles. The summed E-state index contributed by atoms with van der Waals surface area (Å²) < 4.78 is 5.45. The number of piperidine rings is 1. The number of nitrogens with zero attached hydrogens (tertiary/aromatic N) is 3. The van der Waals surface area contributed by atoms with Gasteiger partial charge in [0.05, 0.1) is 13.2 Å². The molecule has 138 valence electrons. The summed E-state index contributed by atoms with van der Waals surface area (Å²) in [7, 11) is 0. The zero-order chi connectivity index (χ0) is 18.2. The molecule has 1 amide bonds. The number of aromatic nitrogens is 2. The summed E-state index contributed by atoms with van der Waals surface area (Å²) in [5.41, 5.74) is 1.97. The maximum absolute atomic E-state index is 12.0. The number of carbonyl (C=O) groups is 1. The van der Waals surface area contributed by atoms with Gasteiger partial charge in [-0.2, -0.15) is 0 Å². The van der Waals surface area contributed by atoms with Gasteiger partial charge < -0.3 is 15.0 Å². The summed E-state index contributed by atoms with van der Waals surface area (Å²) in [6.45, 7) is 4.80. The van der Waals surface area contributed by atoms with Crippen molar-refractivity contribution in [1.29, 1.82) is 0 Å². The van der Waals surface area contributed by atoms with Gasteiger partial charge in [0.2, 0.25) is 5.91 Å². The molecule has 0 atom stereocenters. The number of hydrogen-bond acceptors (Lipinski definition) is 5. The van der Waals surface area contributed by atoms with E-state index in [0.717, 1.165) is 30.2 Å². The number of carbonyl (C=O) groups excluding carboxylic acids is 1. The van der Waals surface area contributed by atoms with E-state index in [4.69, 9.17) is 4.74 Å². The van der Waals surface area contributed by atoms with Gasteiger partial charge in [-0.15, -0.1) is 0 Å². The van der Waals surface area contributed by atoms with Crippen LogP contribution in [0.25, 0.3) is 0 Å². The van der Waals surface area contributed by atoms with E-state index in [2.05, 4.69) is 20.2 Å². The number of rotatable bonds is 7.